The summed E-state index contributed by atoms with van der Waals surface area (Å²) < 4.78 is 5.62. The molecule has 0 aliphatic carbocycles. The molecular weight excluding hydrogens is 420 g/mol. The van der Waals surface area contributed by atoms with Crippen molar-refractivity contribution in [3.8, 4) is 5.75 Å². The quantitative estimate of drug-likeness (QED) is 0.540. The Labute approximate surface area is 198 Å². The molecule has 0 atom stereocenters. The topological polar surface area (TPSA) is 61.8 Å². The van der Waals surface area contributed by atoms with E-state index in [2.05, 4.69) is 77.7 Å². The summed E-state index contributed by atoms with van der Waals surface area (Å²) in [4.78, 5) is 15.2. The lowest BCUT2D eigenvalue weighted by Gasteiger charge is -2.38. The van der Waals surface area contributed by atoms with Crippen LogP contribution in [0.1, 0.15) is 85.8 Å². The van der Waals surface area contributed by atoms with E-state index in [9.17, 15) is 9.90 Å². The number of amides is 1. The summed E-state index contributed by atoms with van der Waals surface area (Å²) in [5.74, 6) is 0.441. The van der Waals surface area contributed by atoms with Crippen LogP contribution in [0, 0.1) is 0 Å². The second-order valence-corrected chi connectivity index (χ2v) is 14.0. The normalized spacial score (nSPS) is 19.8. The lowest BCUT2D eigenvalue weighted by atomic mass is 9.79. The van der Waals surface area contributed by atoms with Crippen LogP contribution in [-0.2, 0) is 15.6 Å². The van der Waals surface area contributed by atoms with Crippen LogP contribution in [0.25, 0.3) is 0 Å². The zero-order valence-corrected chi connectivity index (χ0v) is 22.0. The van der Waals surface area contributed by atoms with Gasteiger partial charge in [0.1, 0.15) is 11.4 Å². The summed E-state index contributed by atoms with van der Waals surface area (Å²) >= 11 is 1.91. The van der Waals surface area contributed by atoms with Gasteiger partial charge in [-0.05, 0) is 35.9 Å². The first-order valence-electron chi connectivity index (χ1n) is 11.9. The SMILES string of the molecule is CC(C)(CCN1CCC2(CC1)CNC(=O)O2)Sc1cc(C(C)(C)C)c(O)c(C(C)(C)C)c1. The average Bonchev–Trinajstić information content (AvgIpc) is 3.01. The average molecular weight is 463 g/mol. The number of rotatable bonds is 5. The number of hydrogen-bond acceptors (Lipinski definition) is 5. The minimum atomic E-state index is -0.281. The number of nitrogens with one attached hydrogen (secondary N) is 1. The summed E-state index contributed by atoms with van der Waals surface area (Å²) in [6.45, 7) is 21.2. The van der Waals surface area contributed by atoms with Crippen molar-refractivity contribution in [2.24, 2.45) is 0 Å². The molecule has 2 N–H and O–H groups in total. The number of piperidine rings is 1. The fourth-order valence-corrected chi connectivity index (χ4v) is 5.76. The summed E-state index contributed by atoms with van der Waals surface area (Å²) in [6.07, 6.45) is 2.61. The zero-order valence-electron chi connectivity index (χ0n) is 21.2. The van der Waals surface area contributed by atoms with Gasteiger partial charge >= 0.3 is 6.09 Å². The molecule has 0 bridgehead atoms. The highest BCUT2D eigenvalue weighted by molar-refractivity contribution is 8.00. The molecule has 0 aromatic heterocycles. The Morgan fingerprint density at radius 3 is 2.00 bits per heavy atom. The molecule has 0 unspecified atom stereocenters. The molecule has 5 nitrogen and oxygen atoms in total. The highest BCUT2D eigenvalue weighted by Gasteiger charge is 2.42. The van der Waals surface area contributed by atoms with E-state index in [1.165, 1.54) is 4.90 Å². The van der Waals surface area contributed by atoms with Crippen LogP contribution in [0.5, 0.6) is 5.75 Å². The molecule has 2 aliphatic rings. The maximum atomic E-state index is 11.5. The van der Waals surface area contributed by atoms with Gasteiger partial charge in [0.25, 0.3) is 0 Å². The van der Waals surface area contributed by atoms with Crippen LogP contribution < -0.4 is 5.32 Å². The number of carbonyl (C=O) groups is 1. The van der Waals surface area contributed by atoms with Crippen molar-refractivity contribution in [2.45, 2.75) is 101 Å². The van der Waals surface area contributed by atoms with E-state index in [1.54, 1.807) is 0 Å². The van der Waals surface area contributed by atoms with Gasteiger partial charge in [-0.25, -0.2) is 4.79 Å². The lowest BCUT2D eigenvalue weighted by molar-refractivity contribution is 0.000399. The van der Waals surface area contributed by atoms with Gasteiger partial charge in [0.05, 0.1) is 6.54 Å². The van der Waals surface area contributed by atoms with E-state index in [4.69, 9.17) is 4.74 Å². The molecule has 2 heterocycles. The highest BCUT2D eigenvalue weighted by atomic mass is 32.2. The number of aromatic hydroxyl groups is 1. The molecule has 1 aromatic carbocycles. The van der Waals surface area contributed by atoms with Crippen molar-refractivity contribution >= 4 is 17.9 Å². The Morgan fingerprint density at radius 2 is 1.56 bits per heavy atom. The van der Waals surface area contributed by atoms with Gasteiger partial charge in [0, 0.05) is 46.7 Å². The Morgan fingerprint density at radius 1 is 1.03 bits per heavy atom. The number of ether oxygens (including phenoxy) is 1. The van der Waals surface area contributed by atoms with Gasteiger partial charge in [0.15, 0.2) is 0 Å². The van der Waals surface area contributed by atoms with Gasteiger partial charge in [-0.15, -0.1) is 11.8 Å². The molecular formula is C26H42N2O3S. The number of thioether (sulfide) groups is 1. The van der Waals surface area contributed by atoms with Crippen LogP contribution in [0.2, 0.25) is 0 Å². The second-order valence-electron chi connectivity index (χ2n) is 12.2. The van der Waals surface area contributed by atoms with E-state index in [-0.39, 0.29) is 27.3 Å². The molecule has 2 saturated heterocycles. The van der Waals surface area contributed by atoms with E-state index in [1.807, 2.05) is 11.8 Å². The minimum Gasteiger partial charge on any atom is -0.507 e. The van der Waals surface area contributed by atoms with Crippen molar-refractivity contribution in [2.75, 3.05) is 26.2 Å². The van der Waals surface area contributed by atoms with Crippen LogP contribution in [0.4, 0.5) is 4.79 Å². The summed E-state index contributed by atoms with van der Waals surface area (Å²) in [5, 5.41) is 13.8. The summed E-state index contributed by atoms with van der Waals surface area (Å²) in [6, 6.07) is 4.37. The summed E-state index contributed by atoms with van der Waals surface area (Å²) in [7, 11) is 0. The van der Waals surface area contributed by atoms with E-state index in [0.29, 0.717) is 12.3 Å². The van der Waals surface area contributed by atoms with Gasteiger partial charge in [-0.3, -0.25) is 0 Å². The maximum Gasteiger partial charge on any atom is 0.407 e. The largest absolute Gasteiger partial charge is 0.507 e. The molecule has 3 rings (SSSR count). The maximum absolute atomic E-state index is 11.5. The third-order valence-electron chi connectivity index (χ3n) is 6.76. The van der Waals surface area contributed by atoms with Gasteiger partial charge in [0.2, 0.25) is 0 Å². The molecule has 2 fully saturated rings. The Bertz CT molecular complexity index is 809. The number of phenols is 1. The third-order valence-corrected chi connectivity index (χ3v) is 7.98. The first-order chi connectivity index (χ1) is 14.6. The van der Waals surface area contributed by atoms with Crippen molar-refractivity contribution in [1.82, 2.24) is 10.2 Å². The fraction of sp³-hybridized carbons (Fsp3) is 0.731. The molecule has 1 spiro atoms. The third kappa shape index (κ3) is 5.93. The summed E-state index contributed by atoms with van der Waals surface area (Å²) in [5.41, 5.74) is 1.52. The van der Waals surface area contributed by atoms with E-state index >= 15 is 0 Å². The van der Waals surface area contributed by atoms with Gasteiger partial charge in [-0.1, -0.05) is 55.4 Å². The first-order valence-corrected chi connectivity index (χ1v) is 12.7. The first kappa shape index (κ1) is 25.2. The van der Waals surface area contributed by atoms with Crippen molar-refractivity contribution < 1.29 is 14.6 Å². The minimum absolute atomic E-state index is 0.0673. The molecule has 2 aliphatic heterocycles. The molecule has 0 saturated carbocycles. The number of hydrogen-bond donors (Lipinski definition) is 2. The Kier molecular flexibility index (Phi) is 6.90. The second kappa shape index (κ2) is 8.75. The molecule has 32 heavy (non-hydrogen) atoms. The van der Waals surface area contributed by atoms with Gasteiger partial charge < -0.3 is 20.1 Å². The number of alkyl carbamates (subject to hydrolysis) is 1. The van der Waals surface area contributed by atoms with Crippen LogP contribution >= 0.6 is 11.8 Å². The lowest BCUT2D eigenvalue weighted by Crippen LogP contribution is -2.47. The number of nitrogens with zero attached hydrogens (tertiary/aromatic N) is 1. The van der Waals surface area contributed by atoms with Crippen LogP contribution in [-0.4, -0.2) is 52.6 Å². The highest BCUT2D eigenvalue weighted by Crippen LogP contribution is 2.44. The predicted molar refractivity (Wildman–Crippen MR) is 133 cm³/mol. The smallest absolute Gasteiger partial charge is 0.407 e. The van der Waals surface area contributed by atoms with Crippen molar-refractivity contribution in [3.63, 3.8) is 0 Å². The van der Waals surface area contributed by atoms with Gasteiger partial charge in [-0.2, -0.15) is 0 Å². The Hall–Kier alpha value is -1.40. The monoisotopic (exact) mass is 462 g/mol. The molecule has 0 radical (unpaired) electrons. The molecule has 1 amide bonds. The standard InChI is InChI=1S/C26H42N2O3S/c1-23(2,3)19-15-18(16-20(21(19)29)24(4,5)6)32-25(7,8)9-12-28-13-10-26(11-14-28)17-27-22(30)31-26/h15-16,29H,9-14,17H2,1-8H3,(H,27,30). The van der Waals surface area contributed by atoms with Crippen LogP contribution in [0.15, 0.2) is 17.0 Å². The fourth-order valence-electron chi connectivity index (χ4n) is 4.57. The van der Waals surface area contributed by atoms with E-state index in [0.717, 1.165) is 50.0 Å². The molecule has 180 valence electrons. The number of phenolic OH excluding ortho intramolecular Hbond substituents is 1. The number of likely N-dealkylation sites (tertiary alicyclic amines) is 1. The van der Waals surface area contributed by atoms with Crippen molar-refractivity contribution in [1.29, 1.82) is 0 Å². The number of benzene rings is 1. The number of carbonyl (C=O) groups excluding carboxylic acids is 1. The van der Waals surface area contributed by atoms with Crippen LogP contribution in [0.3, 0.4) is 0 Å². The molecule has 1 aromatic rings. The van der Waals surface area contributed by atoms with E-state index < -0.39 is 0 Å². The zero-order chi connectivity index (χ0) is 23.9. The predicted octanol–water partition coefficient (Wildman–Crippen LogP) is 5.82. The Balaban J connectivity index is 1.66. The van der Waals surface area contributed by atoms with Crippen molar-refractivity contribution in [3.05, 3.63) is 23.3 Å². The molecule has 6 heteroatoms.